The Kier molecular flexibility index (Phi) is 0.939. The lowest BCUT2D eigenvalue weighted by molar-refractivity contribution is 0.669. The first-order chi connectivity index (χ1) is 5.95. The molecular formula is C10H7NO. The van der Waals surface area contributed by atoms with Crippen LogP contribution in [0.25, 0.3) is 22.1 Å². The molecule has 3 rings (SSSR count). The van der Waals surface area contributed by atoms with Gasteiger partial charge in [-0.05, 0) is 24.3 Å². The molecule has 2 heterocycles. The second-order valence-electron chi connectivity index (χ2n) is 2.82. The van der Waals surface area contributed by atoms with E-state index in [0.717, 1.165) is 22.1 Å². The highest BCUT2D eigenvalue weighted by atomic mass is 16.3. The van der Waals surface area contributed by atoms with Gasteiger partial charge in [-0.2, -0.15) is 0 Å². The predicted molar refractivity (Wildman–Crippen MR) is 48.1 cm³/mol. The molecule has 0 amide bonds. The molecule has 0 saturated carbocycles. The second-order valence-corrected chi connectivity index (χ2v) is 2.82. The Morgan fingerprint density at radius 1 is 1.00 bits per heavy atom. The number of aromatic amines is 1. The van der Waals surface area contributed by atoms with E-state index in [9.17, 15) is 0 Å². The van der Waals surface area contributed by atoms with E-state index in [1.165, 1.54) is 0 Å². The van der Waals surface area contributed by atoms with E-state index < -0.39 is 0 Å². The van der Waals surface area contributed by atoms with E-state index in [2.05, 4.69) is 11.1 Å². The fourth-order valence-electron chi connectivity index (χ4n) is 1.53. The first-order valence-corrected chi connectivity index (χ1v) is 3.90. The molecular weight excluding hydrogens is 150 g/mol. The Morgan fingerprint density at radius 3 is 2.92 bits per heavy atom. The molecule has 0 bridgehead atoms. The van der Waals surface area contributed by atoms with E-state index in [4.69, 9.17) is 4.42 Å². The SMILES string of the molecule is c1c[nH]c2c(c1)oc1cccc12. The molecule has 0 aliphatic rings. The maximum absolute atomic E-state index is 5.56. The van der Waals surface area contributed by atoms with Crippen LogP contribution in [0, 0.1) is 0 Å². The van der Waals surface area contributed by atoms with Crippen molar-refractivity contribution in [3.63, 3.8) is 0 Å². The van der Waals surface area contributed by atoms with Crippen molar-refractivity contribution in [3.05, 3.63) is 36.5 Å². The number of H-pyrrole nitrogens is 1. The van der Waals surface area contributed by atoms with Crippen molar-refractivity contribution >= 4 is 22.1 Å². The Hall–Kier alpha value is -1.70. The van der Waals surface area contributed by atoms with Crippen LogP contribution in [0.15, 0.2) is 40.9 Å². The van der Waals surface area contributed by atoms with Gasteiger partial charge in [-0.3, -0.25) is 0 Å². The van der Waals surface area contributed by atoms with Crippen molar-refractivity contribution in [2.24, 2.45) is 0 Å². The number of rotatable bonds is 0. The molecule has 0 aliphatic carbocycles. The van der Waals surface area contributed by atoms with E-state index in [-0.39, 0.29) is 0 Å². The van der Waals surface area contributed by atoms with Crippen molar-refractivity contribution < 1.29 is 4.42 Å². The van der Waals surface area contributed by atoms with Crippen LogP contribution in [0.4, 0.5) is 0 Å². The first kappa shape index (κ1) is 5.89. The van der Waals surface area contributed by atoms with Gasteiger partial charge >= 0.3 is 0 Å². The van der Waals surface area contributed by atoms with Gasteiger partial charge in [0.25, 0.3) is 0 Å². The Labute approximate surface area is 68.8 Å². The number of hydrogen-bond acceptors (Lipinski definition) is 1. The molecule has 0 radical (unpaired) electrons. The van der Waals surface area contributed by atoms with Gasteiger partial charge in [-0.25, -0.2) is 0 Å². The third kappa shape index (κ3) is 0.593. The van der Waals surface area contributed by atoms with Crippen molar-refractivity contribution in [3.8, 4) is 0 Å². The van der Waals surface area contributed by atoms with E-state index >= 15 is 0 Å². The third-order valence-electron chi connectivity index (χ3n) is 2.08. The molecule has 1 N–H and O–H groups in total. The molecule has 12 heavy (non-hydrogen) atoms. The number of hydrogen-bond donors (Lipinski definition) is 1. The minimum atomic E-state index is 0.920. The van der Waals surface area contributed by atoms with Gasteiger partial charge in [0.15, 0.2) is 5.58 Å². The number of aromatic nitrogens is 1. The van der Waals surface area contributed by atoms with Gasteiger partial charge in [0, 0.05) is 11.6 Å². The van der Waals surface area contributed by atoms with Crippen molar-refractivity contribution in [2.45, 2.75) is 0 Å². The quantitative estimate of drug-likeness (QED) is 0.534. The van der Waals surface area contributed by atoms with Crippen molar-refractivity contribution in [2.75, 3.05) is 0 Å². The number of fused-ring (bicyclic) bond motifs is 3. The summed E-state index contributed by atoms with van der Waals surface area (Å²) in [5, 5.41) is 1.16. The van der Waals surface area contributed by atoms with Gasteiger partial charge in [-0.1, -0.05) is 6.07 Å². The maximum Gasteiger partial charge on any atom is 0.151 e. The van der Waals surface area contributed by atoms with Gasteiger partial charge in [0.1, 0.15) is 5.58 Å². The molecule has 2 aromatic heterocycles. The van der Waals surface area contributed by atoms with Crippen LogP contribution >= 0.6 is 0 Å². The minimum Gasteiger partial charge on any atom is -0.454 e. The molecule has 0 saturated heterocycles. The van der Waals surface area contributed by atoms with Crippen LogP contribution in [0.2, 0.25) is 0 Å². The summed E-state index contributed by atoms with van der Waals surface area (Å²) in [4.78, 5) is 3.17. The summed E-state index contributed by atoms with van der Waals surface area (Å²) < 4.78 is 5.56. The van der Waals surface area contributed by atoms with Crippen LogP contribution in [-0.2, 0) is 0 Å². The fraction of sp³-hybridized carbons (Fsp3) is 0. The van der Waals surface area contributed by atoms with Crippen LogP contribution < -0.4 is 0 Å². The van der Waals surface area contributed by atoms with Gasteiger partial charge < -0.3 is 9.40 Å². The lowest BCUT2D eigenvalue weighted by Gasteiger charge is -1.85. The molecule has 0 spiro atoms. The molecule has 0 unspecified atom stereocenters. The summed E-state index contributed by atoms with van der Waals surface area (Å²) >= 11 is 0. The maximum atomic E-state index is 5.56. The van der Waals surface area contributed by atoms with Crippen molar-refractivity contribution in [1.82, 2.24) is 4.98 Å². The van der Waals surface area contributed by atoms with Gasteiger partial charge in [0.2, 0.25) is 0 Å². The standard InChI is InChI=1S/C10H7NO/c1-3-7-8(4-1)12-9-5-2-6-11-10(7)9/h1-6,11H. The normalized spacial score (nSPS) is 11.3. The zero-order chi connectivity index (χ0) is 7.97. The van der Waals surface area contributed by atoms with Gasteiger partial charge in [-0.15, -0.1) is 0 Å². The fourth-order valence-corrected chi connectivity index (χ4v) is 1.53. The Bertz CT molecular complexity index is 532. The minimum absolute atomic E-state index is 0.920. The average Bonchev–Trinajstić information content (AvgIpc) is 2.62. The van der Waals surface area contributed by atoms with Gasteiger partial charge in [0.05, 0.1) is 5.52 Å². The highest BCUT2D eigenvalue weighted by Crippen LogP contribution is 2.26. The monoisotopic (exact) mass is 157 g/mol. The summed E-state index contributed by atoms with van der Waals surface area (Å²) in [6.07, 6.45) is 1.91. The number of pyridine rings is 1. The Morgan fingerprint density at radius 2 is 1.92 bits per heavy atom. The molecule has 2 heteroatoms. The summed E-state index contributed by atoms with van der Waals surface area (Å²) in [5.41, 5.74) is 2.95. The zero-order valence-corrected chi connectivity index (χ0v) is 6.37. The van der Waals surface area contributed by atoms with E-state index in [1.54, 1.807) is 0 Å². The summed E-state index contributed by atoms with van der Waals surface area (Å²) in [5.74, 6) is 0. The summed E-state index contributed by atoms with van der Waals surface area (Å²) in [6, 6.07) is 9.92. The third-order valence-corrected chi connectivity index (χ3v) is 2.08. The topological polar surface area (TPSA) is 28.9 Å². The molecule has 0 aliphatic heterocycles. The largest absolute Gasteiger partial charge is 0.454 e. The van der Waals surface area contributed by atoms with Crippen LogP contribution in [0.3, 0.4) is 0 Å². The molecule has 1 aromatic carbocycles. The van der Waals surface area contributed by atoms with E-state index in [0.29, 0.717) is 0 Å². The molecule has 58 valence electrons. The van der Waals surface area contributed by atoms with Crippen molar-refractivity contribution in [1.29, 1.82) is 0 Å². The molecule has 3 aromatic rings. The second kappa shape index (κ2) is 1.91. The van der Waals surface area contributed by atoms with Crippen LogP contribution in [-0.4, -0.2) is 4.98 Å². The molecule has 0 atom stereocenters. The summed E-state index contributed by atoms with van der Waals surface area (Å²) in [6.45, 7) is 0. The highest BCUT2D eigenvalue weighted by molar-refractivity contribution is 6.02. The average molecular weight is 157 g/mol. The van der Waals surface area contributed by atoms with Crippen LogP contribution in [0.1, 0.15) is 0 Å². The lowest BCUT2D eigenvalue weighted by atomic mass is 10.3. The highest BCUT2D eigenvalue weighted by Gasteiger charge is 2.04. The first-order valence-electron chi connectivity index (χ1n) is 3.90. The lowest BCUT2D eigenvalue weighted by Crippen LogP contribution is -1.68. The summed E-state index contributed by atoms with van der Waals surface area (Å²) in [7, 11) is 0. The zero-order valence-electron chi connectivity index (χ0n) is 6.37. The number of furan rings is 1. The van der Waals surface area contributed by atoms with Crippen LogP contribution in [0.5, 0.6) is 0 Å². The smallest absolute Gasteiger partial charge is 0.151 e. The Balaban J connectivity index is 2.68. The van der Waals surface area contributed by atoms with E-state index in [1.807, 2.05) is 30.5 Å². The molecule has 2 nitrogen and oxygen atoms in total. The molecule has 0 fully saturated rings. The predicted octanol–water partition coefficient (Wildman–Crippen LogP) is 2.91. The number of nitrogens with one attached hydrogen (secondary N) is 1.